The van der Waals surface area contributed by atoms with Gasteiger partial charge in [-0.25, -0.2) is 17.9 Å². The van der Waals surface area contributed by atoms with Crippen LogP contribution < -0.4 is 10.1 Å². The fraction of sp³-hybridized carbons (Fsp3) is 0.0833. The van der Waals surface area contributed by atoms with Gasteiger partial charge in [-0.15, -0.1) is 0 Å². The molecule has 32 heavy (non-hydrogen) atoms. The SMILES string of the molecule is O=C(NCc1ccc(F)cc1)c1nn(-c2ccc(F)cc2)cc1OCc1ccc(F)cc1. The number of amides is 1. The Balaban J connectivity index is 1.55. The number of hydrogen-bond donors (Lipinski definition) is 1. The Labute approximate surface area is 182 Å². The first kappa shape index (κ1) is 21.2. The van der Waals surface area contributed by atoms with Crippen molar-refractivity contribution < 1.29 is 22.7 Å². The lowest BCUT2D eigenvalue weighted by Gasteiger charge is -2.07. The standard InChI is InChI=1S/C24H18F3N3O2/c25-18-5-1-16(2-6-18)13-28-24(31)23-22(32-15-17-3-7-19(26)8-4-17)14-30(29-23)21-11-9-20(27)10-12-21/h1-12,14H,13,15H2,(H,28,31). The van der Waals surface area contributed by atoms with Crippen LogP contribution in [0.1, 0.15) is 21.6 Å². The molecule has 3 aromatic carbocycles. The number of hydrogen-bond acceptors (Lipinski definition) is 3. The van der Waals surface area contributed by atoms with Crippen molar-refractivity contribution >= 4 is 5.91 Å². The van der Waals surface area contributed by atoms with Gasteiger partial charge in [0.05, 0.1) is 11.9 Å². The van der Waals surface area contributed by atoms with Crippen molar-refractivity contribution in [2.24, 2.45) is 0 Å². The van der Waals surface area contributed by atoms with E-state index in [9.17, 15) is 18.0 Å². The van der Waals surface area contributed by atoms with Gasteiger partial charge in [0.1, 0.15) is 24.1 Å². The zero-order valence-corrected chi connectivity index (χ0v) is 16.8. The van der Waals surface area contributed by atoms with Gasteiger partial charge in [-0.05, 0) is 59.7 Å². The topological polar surface area (TPSA) is 56.2 Å². The van der Waals surface area contributed by atoms with Crippen LogP contribution in [-0.4, -0.2) is 15.7 Å². The molecular formula is C24H18F3N3O2. The molecule has 0 atom stereocenters. The van der Waals surface area contributed by atoms with Gasteiger partial charge in [0.25, 0.3) is 5.91 Å². The summed E-state index contributed by atoms with van der Waals surface area (Å²) in [4.78, 5) is 12.8. The van der Waals surface area contributed by atoms with Crippen LogP contribution in [0.3, 0.4) is 0 Å². The molecule has 0 bridgehead atoms. The summed E-state index contributed by atoms with van der Waals surface area (Å²) in [7, 11) is 0. The summed E-state index contributed by atoms with van der Waals surface area (Å²) in [6, 6.07) is 17.1. The van der Waals surface area contributed by atoms with Gasteiger partial charge in [0.15, 0.2) is 11.4 Å². The normalized spacial score (nSPS) is 10.7. The van der Waals surface area contributed by atoms with E-state index in [2.05, 4.69) is 10.4 Å². The Hall–Kier alpha value is -4.07. The molecule has 0 aliphatic carbocycles. The third-order valence-corrected chi connectivity index (χ3v) is 4.66. The van der Waals surface area contributed by atoms with Gasteiger partial charge in [0, 0.05) is 6.54 Å². The maximum Gasteiger partial charge on any atom is 0.275 e. The van der Waals surface area contributed by atoms with E-state index in [1.165, 1.54) is 59.4 Å². The molecule has 0 aliphatic heterocycles. The van der Waals surface area contributed by atoms with E-state index < -0.39 is 11.7 Å². The molecule has 5 nitrogen and oxygen atoms in total. The predicted octanol–water partition coefficient (Wildman–Crippen LogP) is 4.80. The average molecular weight is 437 g/mol. The molecular weight excluding hydrogens is 419 g/mol. The lowest BCUT2D eigenvalue weighted by atomic mass is 10.2. The second-order valence-electron chi connectivity index (χ2n) is 6.99. The molecule has 0 aliphatic rings. The summed E-state index contributed by atoms with van der Waals surface area (Å²) in [5.41, 5.74) is 1.99. The largest absolute Gasteiger partial charge is 0.485 e. The third kappa shape index (κ3) is 5.15. The zero-order chi connectivity index (χ0) is 22.5. The molecule has 0 radical (unpaired) electrons. The van der Waals surface area contributed by atoms with Gasteiger partial charge >= 0.3 is 0 Å². The summed E-state index contributed by atoms with van der Waals surface area (Å²) < 4.78 is 46.7. The highest BCUT2D eigenvalue weighted by Gasteiger charge is 2.19. The molecule has 4 aromatic rings. The smallest absolute Gasteiger partial charge is 0.275 e. The highest BCUT2D eigenvalue weighted by Crippen LogP contribution is 2.22. The zero-order valence-electron chi connectivity index (χ0n) is 16.8. The van der Waals surface area contributed by atoms with E-state index in [0.717, 1.165) is 0 Å². The summed E-state index contributed by atoms with van der Waals surface area (Å²) in [5.74, 6) is -1.42. The molecule has 162 valence electrons. The van der Waals surface area contributed by atoms with E-state index in [1.807, 2.05) is 0 Å². The number of carbonyl (C=O) groups excluding carboxylic acids is 1. The minimum atomic E-state index is -0.496. The highest BCUT2D eigenvalue weighted by molar-refractivity contribution is 5.94. The van der Waals surface area contributed by atoms with Gasteiger partial charge in [-0.3, -0.25) is 4.79 Å². The van der Waals surface area contributed by atoms with Crippen molar-refractivity contribution in [1.82, 2.24) is 15.1 Å². The minimum absolute atomic E-state index is 0.0264. The predicted molar refractivity (Wildman–Crippen MR) is 112 cm³/mol. The van der Waals surface area contributed by atoms with E-state index in [1.54, 1.807) is 24.3 Å². The second kappa shape index (κ2) is 9.38. The number of aromatic nitrogens is 2. The number of carbonyl (C=O) groups is 1. The monoisotopic (exact) mass is 437 g/mol. The first-order chi connectivity index (χ1) is 15.5. The van der Waals surface area contributed by atoms with Crippen molar-refractivity contribution in [2.75, 3.05) is 0 Å². The van der Waals surface area contributed by atoms with Gasteiger partial charge in [-0.2, -0.15) is 5.10 Å². The minimum Gasteiger partial charge on any atom is -0.485 e. The first-order valence-electron chi connectivity index (χ1n) is 9.73. The molecule has 1 aromatic heterocycles. The summed E-state index contributed by atoms with van der Waals surface area (Å²) in [6.07, 6.45) is 1.52. The van der Waals surface area contributed by atoms with Crippen LogP contribution in [0.25, 0.3) is 5.69 Å². The molecule has 1 heterocycles. The van der Waals surface area contributed by atoms with Crippen molar-refractivity contribution in [3.05, 3.63) is 113 Å². The van der Waals surface area contributed by atoms with Crippen molar-refractivity contribution in [3.63, 3.8) is 0 Å². The molecule has 1 N–H and O–H groups in total. The summed E-state index contributed by atoms with van der Waals surface area (Å²) in [5, 5.41) is 7.03. The third-order valence-electron chi connectivity index (χ3n) is 4.66. The summed E-state index contributed by atoms with van der Waals surface area (Å²) >= 11 is 0. The molecule has 8 heteroatoms. The molecule has 0 saturated carbocycles. The Kier molecular flexibility index (Phi) is 6.21. The fourth-order valence-electron chi connectivity index (χ4n) is 2.96. The van der Waals surface area contributed by atoms with Crippen molar-refractivity contribution in [1.29, 1.82) is 0 Å². The van der Waals surface area contributed by atoms with Gasteiger partial charge in [0.2, 0.25) is 0 Å². The molecule has 0 saturated heterocycles. The fourth-order valence-corrected chi connectivity index (χ4v) is 2.96. The van der Waals surface area contributed by atoms with E-state index >= 15 is 0 Å². The molecule has 1 amide bonds. The van der Waals surface area contributed by atoms with Crippen LogP contribution in [0, 0.1) is 17.5 Å². The first-order valence-corrected chi connectivity index (χ1v) is 9.73. The number of nitrogens with one attached hydrogen (secondary N) is 1. The molecule has 4 rings (SSSR count). The maximum absolute atomic E-state index is 13.3. The Morgan fingerprint density at radius 2 is 1.34 bits per heavy atom. The summed E-state index contributed by atoms with van der Waals surface area (Å²) in [6.45, 7) is 0.257. The van der Waals surface area contributed by atoms with Gasteiger partial charge in [-0.1, -0.05) is 24.3 Å². The van der Waals surface area contributed by atoms with E-state index in [0.29, 0.717) is 16.8 Å². The Morgan fingerprint density at radius 3 is 1.94 bits per heavy atom. The maximum atomic E-state index is 13.3. The van der Waals surface area contributed by atoms with Crippen LogP contribution in [0.2, 0.25) is 0 Å². The van der Waals surface area contributed by atoms with Crippen molar-refractivity contribution in [3.8, 4) is 11.4 Å². The number of ether oxygens (including phenoxy) is 1. The number of benzene rings is 3. The average Bonchev–Trinajstić information content (AvgIpc) is 3.23. The lowest BCUT2D eigenvalue weighted by Crippen LogP contribution is -2.24. The lowest BCUT2D eigenvalue weighted by molar-refractivity contribution is 0.0941. The van der Waals surface area contributed by atoms with Crippen LogP contribution in [-0.2, 0) is 13.2 Å². The second-order valence-corrected chi connectivity index (χ2v) is 6.99. The van der Waals surface area contributed by atoms with Crippen LogP contribution in [0.5, 0.6) is 5.75 Å². The quantitative estimate of drug-likeness (QED) is 0.452. The van der Waals surface area contributed by atoms with Gasteiger partial charge < -0.3 is 10.1 Å². The van der Waals surface area contributed by atoms with Crippen LogP contribution in [0.4, 0.5) is 13.2 Å². The molecule has 0 fully saturated rings. The van der Waals surface area contributed by atoms with E-state index in [-0.39, 0.29) is 36.2 Å². The Bertz CT molecular complexity index is 1200. The number of nitrogens with zero attached hydrogens (tertiary/aromatic N) is 2. The number of halogens is 3. The van der Waals surface area contributed by atoms with E-state index in [4.69, 9.17) is 4.74 Å². The van der Waals surface area contributed by atoms with Crippen LogP contribution in [0.15, 0.2) is 79.0 Å². The molecule has 0 unspecified atom stereocenters. The highest BCUT2D eigenvalue weighted by atomic mass is 19.1. The van der Waals surface area contributed by atoms with Crippen LogP contribution >= 0.6 is 0 Å². The van der Waals surface area contributed by atoms with Crippen molar-refractivity contribution in [2.45, 2.75) is 13.2 Å². The Morgan fingerprint density at radius 1 is 0.812 bits per heavy atom. The molecule has 0 spiro atoms. The number of rotatable bonds is 7.